The standard InChI is InChI=1S/C21H28N2O3/c1-16-3-4-18(13-17(16)2)23-11-9-22(10-12-23)14-20(25)15-26-21-7-5-19(24)6-8-21/h3-8,13,20,24-25H,9-12,14-15H2,1-2H3/t20-/m1/s1. The van der Waals surface area contributed by atoms with Crippen LogP contribution in [-0.4, -0.2) is 60.5 Å². The summed E-state index contributed by atoms with van der Waals surface area (Å²) >= 11 is 0. The van der Waals surface area contributed by atoms with Gasteiger partial charge in [-0.25, -0.2) is 0 Å². The van der Waals surface area contributed by atoms with Crippen LogP contribution in [0.15, 0.2) is 42.5 Å². The Morgan fingerprint density at radius 3 is 2.31 bits per heavy atom. The highest BCUT2D eigenvalue weighted by molar-refractivity contribution is 5.51. The Morgan fingerprint density at radius 1 is 0.962 bits per heavy atom. The molecule has 0 bridgehead atoms. The number of phenolic OH excluding ortho intramolecular Hbond substituents is 1. The maximum absolute atomic E-state index is 10.2. The Bertz CT molecular complexity index is 710. The van der Waals surface area contributed by atoms with Gasteiger partial charge in [-0.1, -0.05) is 6.07 Å². The van der Waals surface area contributed by atoms with Gasteiger partial charge in [0.15, 0.2) is 0 Å². The maximum Gasteiger partial charge on any atom is 0.119 e. The lowest BCUT2D eigenvalue weighted by atomic mass is 10.1. The number of hydrogen-bond donors (Lipinski definition) is 2. The van der Waals surface area contributed by atoms with Crippen molar-refractivity contribution in [3.8, 4) is 11.5 Å². The minimum Gasteiger partial charge on any atom is -0.508 e. The predicted octanol–water partition coefficient (Wildman–Crippen LogP) is 2.57. The average molecular weight is 356 g/mol. The van der Waals surface area contributed by atoms with Crippen LogP contribution in [0.1, 0.15) is 11.1 Å². The molecule has 3 rings (SSSR count). The minimum absolute atomic E-state index is 0.208. The molecule has 1 fully saturated rings. The molecule has 1 aliphatic heterocycles. The lowest BCUT2D eigenvalue weighted by Gasteiger charge is -2.37. The van der Waals surface area contributed by atoms with Crippen LogP contribution in [0.4, 0.5) is 5.69 Å². The number of ether oxygens (including phenoxy) is 1. The zero-order valence-corrected chi connectivity index (χ0v) is 15.6. The van der Waals surface area contributed by atoms with Crippen LogP contribution in [0.3, 0.4) is 0 Å². The summed E-state index contributed by atoms with van der Waals surface area (Å²) in [4.78, 5) is 4.69. The first-order valence-corrected chi connectivity index (χ1v) is 9.16. The highest BCUT2D eigenvalue weighted by atomic mass is 16.5. The number of aliphatic hydroxyl groups excluding tert-OH is 1. The second-order valence-corrected chi connectivity index (χ2v) is 7.01. The summed E-state index contributed by atoms with van der Waals surface area (Å²) in [5.41, 5.74) is 3.93. The van der Waals surface area contributed by atoms with E-state index in [-0.39, 0.29) is 12.4 Å². The van der Waals surface area contributed by atoms with Crippen LogP contribution in [0, 0.1) is 13.8 Å². The average Bonchev–Trinajstić information content (AvgIpc) is 2.64. The van der Waals surface area contributed by atoms with Crippen LogP contribution < -0.4 is 9.64 Å². The number of aromatic hydroxyl groups is 1. The molecule has 0 spiro atoms. The van der Waals surface area contributed by atoms with E-state index >= 15 is 0 Å². The van der Waals surface area contributed by atoms with Gasteiger partial charge in [-0.05, 0) is 61.4 Å². The summed E-state index contributed by atoms with van der Waals surface area (Å²) in [6.45, 7) is 8.95. The Labute approximate surface area is 155 Å². The number of hydrogen-bond acceptors (Lipinski definition) is 5. The van der Waals surface area contributed by atoms with Crippen molar-refractivity contribution in [2.24, 2.45) is 0 Å². The highest BCUT2D eigenvalue weighted by Gasteiger charge is 2.20. The van der Waals surface area contributed by atoms with Gasteiger partial charge in [0.2, 0.25) is 0 Å². The molecule has 140 valence electrons. The molecule has 0 aliphatic carbocycles. The first-order valence-electron chi connectivity index (χ1n) is 9.16. The van der Waals surface area contributed by atoms with Crippen LogP contribution in [0.2, 0.25) is 0 Å². The molecular weight excluding hydrogens is 328 g/mol. The summed E-state index contributed by atoms with van der Waals surface area (Å²) < 4.78 is 5.58. The van der Waals surface area contributed by atoms with E-state index in [1.54, 1.807) is 24.3 Å². The van der Waals surface area contributed by atoms with Gasteiger partial charge in [-0.3, -0.25) is 4.90 Å². The molecule has 1 heterocycles. The lowest BCUT2D eigenvalue weighted by molar-refractivity contribution is 0.0663. The molecule has 5 heteroatoms. The zero-order chi connectivity index (χ0) is 18.5. The molecular formula is C21H28N2O3. The molecule has 5 nitrogen and oxygen atoms in total. The van der Waals surface area contributed by atoms with Crippen LogP contribution in [-0.2, 0) is 0 Å². The van der Waals surface area contributed by atoms with Crippen molar-refractivity contribution in [3.05, 3.63) is 53.6 Å². The normalized spacial score (nSPS) is 16.5. The van der Waals surface area contributed by atoms with E-state index in [9.17, 15) is 10.2 Å². The number of phenols is 1. The van der Waals surface area contributed by atoms with E-state index in [4.69, 9.17) is 4.74 Å². The number of aryl methyl sites for hydroxylation is 2. The van der Waals surface area contributed by atoms with Gasteiger partial charge < -0.3 is 19.8 Å². The van der Waals surface area contributed by atoms with Gasteiger partial charge in [0, 0.05) is 38.4 Å². The van der Waals surface area contributed by atoms with E-state index < -0.39 is 6.10 Å². The number of nitrogens with zero attached hydrogens (tertiary/aromatic N) is 2. The van der Waals surface area contributed by atoms with E-state index in [0.29, 0.717) is 12.3 Å². The van der Waals surface area contributed by atoms with Crippen molar-refractivity contribution in [1.82, 2.24) is 4.90 Å². The van der Waals surface area contributed by atoms with E-state index in [0.717, 1.165) is 26.2 Å². The zero-order valence-electron chi connectivity index (χ0n) is 15.6. The Hall–Kier alpha value is -2.24. The Kier molecular flexibility index (Phi) is 6.01. The lowest BCUT2D eigenvalue weighted by Crippen LogP contribution is -2.49. The Balaban J connectivity index is 1.43. The van der Waals surface area contributed by atoms with Gasteiger partial charge in [0.1, 0.15) is 24.2 Å². The quantitative estimate of drug-likeness (QED) is 0.833. The molecule has 2 aromatic rings. The van der Waals surface area contributed by atoms with Gasteiger partial charge in [-0.15, -0.1) is 0 Å². The van der Waals surface area contributed by atoms with Crippen molar-refractivity contribution in [3.63, 3.8) is 0 Å². The third-order valence-electron chi connectivity index (χ3n) is 4.98. The summed E-state index contributed by atoms with van der Waals surface area (Å²) in [6, 6.07) is 13.2. The number of piperazine rings is 1. The SMILES string of the molecule is Cc1ccc(N2CCN(C[C@@H](O)COc3ccc(O)cc3)CC2)cc1C. The van der Waals surface area contributed by atoms with Gasteiger partial charge in [0.05, 0.1) is 0 Å². The van der Waals surface area contributed by atoms with Crippen molar-refractivity contribution >= 4 is 5.69 Å². The van der Waals surface area contributed by atoms with E-state index in [1.807, 2.05) is 0 Å². The fraction of sp³-hybridized carbons (Fsp3) is 0.429. The smallest absolute Gasteiger partial charge is 0.119 e. The number of benzene rings is 2. The molecule has 0 saturated carbocycles. The molecule has 2 N–H and O–H groups in total. The first kappa shape index (κ1) is 18.5. The molecule has 1 atom stereocenters. The van der Waals surface area contributed by atoms with Crippen LogP contribution in [0.25, 0.3) is 0 Å². The van der Waals surface area contributed by atoms with Crippen molar-refractivity contribution < 1.29 is 14.9 Å². The van der Waals surface area contributed by atoms with Gasteiger partial charge in [-0.2, -0.15) is 0 Å². The third kappa shape index (κ3) is 4.90. The number of rotatable bonds is 6. The van der Waals surface area contributed by atoms with E-state index in [1.165, 1.54) is 16.8 Å². The molecule has 1 aliphatic rings. The van der Waals surface area contributed by atoms with Crippen molar-refractivity contribution in [2.45, 2.75) is 20.0 Å². The topological polar surface area (TPSA) is 56.2 Å². The molecule has 0 radical (unpaired) electrons. The summed E-state index contributed by atoms with van der Waals surface area (Å²) in [5.74, 6) is 0.862. The molecule has 26 heavy (non-hydrogen) atoms. The minimum atomic E-state index is -0.531. The molecule has 0 amide bonds. The van der Waals surface area contributed by atoms with Crippen molar-refractivity contribution in [1.29, 1.82) is 0 Å². The van der Waals surface area contributed by atoms with Gasteiger partial charge in [0.25, 0.3) is 0 Å². The predicted molar refractivity (Wildman–Crippen MR) is 104 cm³/mol. The Morgan fingerprint density at radius 2 is 1.65 bits per heavy atom. The molecule has 1 saturated heterocycles. The third-order valence-corrected chi connectivity index (χ3v) is 4.98. The fourth-order valence-corrected chi connectivity index (χ4v) is 3.20. The number of β-amino-alcohol motifs (C(OH)–C–C–N with tert-alkyl or cyclic N) is 1. The summed E-state index contributed by atoms with van der Waals surface area (Å²) in [7, 11) is 0. The molecule has 0 unspecified atom stereocenters. The van der Waals surface area contributed by atoms with Crippen molar-refractivity contribution in [2.75, 3.05) is 44.2 Å². The monoisotopic (exact) mass is 356 g/mol. The van der Waals surface area contributed by atoms with Gasteiger partial charge >= 0.3 is 0 Å². The molecule has 2 aromatic carbocycles. The summed E-state index contributed by atoms with van der Waals surface area (Å²) in [5, 5.41) is 19.5. The highest BCUT2D eigenvalue weighted by Crippen LogP contribution is 2.20. The van der Waals surface area contributed by atoms with E-state index in [2.05, 4.69) is 41.8 Å². The number of aliphatic hydroxyl groups is 1. The second kappa shape index (κ2) is 8.43. The molecule has 0 aromatic heterocycles. The fourth-order valence-electron chi connectivity index (χ4n) is 3.20. The first-order chi connectivity index (χ1) is 12.5. The summed E-state index contributed by atoms with van der Waals surface area (Å²) in [6.07, 6.45) is -0.531. The second-order valence-electron chi connectivity index (χ2n) is 7.01. The number of anilines is 1. The maximum atomic E-state index is 10.2. The largest absolute Gasteiger partial charge is 0.508 e. The van der Waals surface area contributed by atoms with Crippen LogP contribution >= 0.6 is 0 Å². The van der Waals surface area contributed by atoms with Crippen LogP contribution in [0.5, 0.6) is 11.5 Å².